The third kappa shape index (κ3) is 2.75. The molecule has 2 aromatic carbocycles. The monoisotopic (exact) mass is 348 g/mol. The molecule has 0 aliphatic heterocycles. The van der Waals surface area contributed by atoms with Gasteiger partial charge in [-0.1, -0.05) is 12.1 Å². The van der Waals surface area contributed by atoms with Gasteiger partial charge in [0.05, 0.1) is 11.1 Å². The molecule has 26 heavy (non-hydrogen) atoms. The lowest BCUT2D eigenvalue weighted by atomic mass is 10.0. The van der Waals surface area contributed by atoms with Gasteiger partial charge in [0, 0.05) is 30.4 Å². The Kier molecular flexibility index (Phi) is 4.01. The second-order valence-corrected chi connectivity index (χ2v) is 5.72. The first-order chi connectivity index (χ1) is 12.7. The summed E-state index contributed by atoms with van der Waals surface area (Å²) in [7, 11) is 1.74. The summed E-state index contributed by atoms with van der Waals surface area (Å²) in [6.07, 6.45) is 3.36. The van der Waals surface area contributed by atoms with Crippen LogP contribution in [0.25, 0.3) is 33.4 Å². The number of rotatable bonds is 3. The third-order valence-corrected chi connectivity index (χ3v) is 4.10. The normalized spacial score (nSPS) is 10.9. The molecule has 2 heterocycles. The number of benzene rings is 2. The largest absolute Gasteiger partial charge is 0.373 e. The Hall–Kier alpha value is -3.41. The summed E-state index contributed by atoms with van der Waals surface area (Å²) >= 11 is 0. The van der Waals surface area contributed by atoms with Crippen LogP contribution in [0.15, 0.2) is 60.9 Å². The topological polar surface area (TPSA) is 50.7 Å². The van der Waals surface area contributed by atoms with Crippen molar-refractivity contribution in [2.75, 3.05) is 12.4 Å². The van der Waals surface area contributed by atoms with Crippen LogP contribution in [-0.4, -0.2) is 22.0 Å². The predicted octanol–water partition coefficient (Wildman–Crippen LogP) is 4.68. The number of aromatic nitrogens is 3. The molecule has 0 bridgehead atoms. The van der Waals surface area contributed by atoms with Crippen LogP contribution in [0.1, 0.15) is 0 Å². The molecule has 0 unspecified atom stereocenters. The molecule has 2 aromatic heterocycles. The van der Waals surface area contributed by atoms with E-state index >= 15 is 0 Å². The summed E-state index contributed by atoms with van der Waals surface area (Å²) in [5.41, 5.74) is 1.83. The van der Waals surface area contributed by atoms with E-state index in [1.807, 2.05) is 12.1 Å². The van der Waals surface area contributed by atoms with Gasteiger partial charge in [0.25, 0.3) is 0 Å². The molecule has 0 saturated carbocycles. The van der Waals surface area contributed by atoms with E-state index in [-0.39, 0.29) is 5.56 Å². The number of nitrogens with zero attached hydrogens (tertiary/aromatic N) is 3. The summed E-state index contributed by atoms with van der Waals surface area (Å²) in [6, 6.07) is 12.6. The summed E-state index contributed by atoms with van der Waals surface area (Å²) in [4.78, 5) is 13.2. The maximum Gasteiger partial charge on any atom is 0.163 e. The molecule has 4 nitrogen and oxygen atoms in total. The van der Waals surface area contributed by atoms with Gasteiger partial charge in [0.2, 0.25) is 0 Å². The third-order valence-electron chi connectivity index (χ3n) is 4.10. The zero-order chi connectivity index (χ0) is 18.1. The van der Waals surface area contributed by atoms with E-state index < -0.39 is 11.6 Å². The highest BCUT2D eigenvalue weighted by Gasteiger charge is 2.14. The number of hydrogen-bond donors (Lipinski definition) is 1. The zero-order valence-corrected chi connectivity index (χ0v) is 13.9. The lowest BCUT2D eigenvalue weighted by molar-refractivity contribution is 0.589. The molecule has 4 rings (SSSR count). The Bertz CT molecular complexity index is 1080. The molecular formula is C20H14F2N4. The fourth-order valence-corrected chi connectivity index (χ4v) is 2.87. The SMILES string of the molecule is CNc1nc(-c2cccnc2)nc2ccc(-c3c(F)cccc3F)cc12. The van der Waals surface area contributed by atoms with E-state index in [0.717, 1.165) is 5.56 Å². The van der Waals surface area contributed by atoms with Crippen molar-refractivity contribution in [2.24, 2.45) is 0 Å². The smallest absolute Gasteiger partial charge is 0.163 e. The number of fused-ring (bicyclic) bond motifs is 1. The minimum absolute atomic E-state index is 0.0622. The van der Waals surface area contributed by atoms with E-state index in [0.29, 0.717) is 28.1 Å². The first kappa shape index (κ1) is 16.1. The molecular weight excluding hydrogens is 334 g/mol. The van der Waals surface area contributed by atoms with E-state index in [2.05, 4.69) is 20.3 Å². The minimum Gasteiger partial charge on any atom is -0.373 e. The van der Waals surface area contributed by atoms with Crippen LogP contribution in [0.5, 0.6) is 0 Å². The molecule has 0 aliphatic rings. The van der Waals surface area contributed by atoms with Gasteiger partial charge in [-0.3, -0.25) is 4.98 Å². The van der Waals surface area contributed by atoms with Crippen molar-refractivity contribution in [1.82, 2.24) is 15.0 Å². The van der Waals surface area contributed by atoms with Gasteiger partial charge >= 0.3 is 0 Å². The van der Waals surface area contributed by atoms with Crippen LogP contribution in [0.4, 0.5) is 14.6 Å². The van der Waals surface area contributed by atoms with Crippen molar-refractivity contribution in [3.63, 3.8) is 0 Å². The molecule has 0 atom stereocenters. The van der Waals surface area contributed by atoms with Crippen LogP contribution in [0.3, 0.4) is 0 Å². The second kappa shape index (κ2) is 6.48. The standard InChI is InChI=1S/C20H14F2N4/c1-23-20-14-10-12(18-15(21)5-2-6-16(18)22)7-8-17(14)25-19(26-20)13-4-3-9-24-11-13/h2-11H,1H3,(H,23,25,26). The first-order valence-corrected chi connectivity index (χ1v) is 8.01. The summed E-state index contributed by atoms with van der Waals surface area (Å²) in [5, 5.41) is 3.71. The predicted molar refractivity (Wildman–Crippen MR) is 97.7 cm³/mol. The van der Waals surface area contributed by atoms with Crippen molar-refractivity contribution in [3.05, 3.63) is 72.6 Å². The highest BCUT2D eigenvalue weighted by Crippen LogP contribution is 2.31. The van der Waals surface area contributed by atoms with Gasteiger partial charge in [0.1, 0.15) is 17.5 Å². The molecule has 1 N–H and O–H groups in total. The summed E-state index contributed by atoms with van der Waals surface area (Å²) in [6.45, 7) is 0. The van der Waals surface area contributed by atoms with Crippen molar-refractivity contribution in [3.8, 4) is 22.5 Å². The van der Waals surface area contributed by atoms with Crippen molar-refractivity contribution in [1.29, 1.82) is 0 Å². The van der Waals surface area contributed by atoms with Crippen LogP contribution in [0.2, 0.25) is 0 Å². The molecule has 0 amide bonds. The van der Waals surface area contributed by atoms with Crippen LogP contribution in [0, 0.1) is 11.6 Å². The van der Waals surface area contributed by atoms with Gasteiger partial charge in [-0.15, -0.1) is 0 Å². The quantitative estimate of drug-likeness (QED) is 0.584. The molecule has 0 radical (unpaired) electrons. The van der Waals surface area contributed by atoms with Gasteiger partial charge in [0.15, 0.2) is 5.82 Å². The van der Waals surface area contributed by atoms with Crippen molar-refractivity contribution >= 4 is 16.7 Å². The number of halogens is 2. The number of pyridine rings is 1. The van der Waals surface area contributed by atoms with Crippen LogP contribution in [-0.2, 0) is 0 Å². The molecule has 0 aliphatic carbocycles. The Labute approximate surface area is 148 Å². The first-order valence-electron chi connectivity index (χ1n) is 8.01. The fourth-order valence-electron chi connectivity index (χ4n) is 2.87. The van der Waals surface area contributed by atoms with Gasteiger partial charge in [-0.2, -0.15) is 0 Å². The Morgan fingerprint density at radius 3 is 2.38 bits per heavy atom. The summed E-state index contributed by atoms with van der Waals surface area (Å²) < 4.78 is 28.2. The molecule has 4 aromatic rings. The van der Waals surface area contributed by atoms with Gasteiger partial charge in [-0.25, -0.2) is 18.7 Å². The summed E-state index contributed by atoms with van der Waals surface area (Å²) in [5.74, 6) is -0.112. The average molecular weight is 348 g/mol. The maximum absolute atomic E-state index is 14.1. The minimum atomic E-state index is -0.608. The van der Waals surface area contributed by atoms with E-state index in [9.17, 15) is 8.78 Å². The number of nitrogens with one attached hydrogen (secondary N) is 1. The van der Waals surface area contributed by atoms with Crippen molar-refractivity contribution in [2.45, 2.75) is 0 Å². The highest BCUT2D eigenvalue weighted by atomic mass is 19.1. The average Bonchev–Trinajstić information content (AvgIpc) is 2.67. The fraction of sp³-hybridized carbons (Fsp3) is 0.0500. The van der Waals surface area contributed by atoms with Crippen molar-refractivity contribution < 1.29 is 8.78 Å². The number of anilines is 1. The molecule has 128 valence electrons. The maximum atomic E-state index is 14.1. The van der Waals surface area contributed by atoms with Gasteiger partial charge in [-0.05, 0) is 42.0 Å². The lowest BCUT2D eigenvalue weighted by Crippen LogP contribution is -1.99. The highest BCUT2D eigenvalue weighted by molar-refractivity contribution is 5.94. The molecule has 6 heteroatoms. The number of hydrogen-bond acceptors (Lipinski definition) is 4. The van der Waals surface area contributed by atoms with Crippen LogP contribution < -0.4 is 5.32 Å². The van der Waals surface area contributed by atoms with E-state index in [1.165, 1.54) is 18.2 Å². The Morgan fingerprint density at radius 2 is 1.69 bits per heavy atom. The van der Waals surface area contributed by atoms with Gasteiger partial charge < -0.3 is 5.32 Å². The molecule has 0 saturated heterocycles. The van der Waals surface area contributed by atoms with E-state index in [1.54, 1.807) is 37.6 Å². The lowest BCUT2D eigenvalue weighted by Gasteiger charge is -2.11. The molecule has 0 spiro atoms. The van der Waals surface area contributed by atoms with Crippen LogP contribution >= 0.6 is 0 Å². The Morgan fingerprint density at radius 1 is 0.885 bits per heavy atom. The van der Waals surface area contributed by atoms with E-state index in [4.69, 9.17) is 0 Å². The second-order valence-electron chi connectivity index (χ2n) is 5.72. The Balaban J connectivity index is 1.92. The zero-order valence-electron chi connectivity index (χ0n) is 13.9. The molecule has 0 fully saturated rings.